The number of ether oxygens (including phenoxy) is 3. The standard InChI is InChI=1S/C25H42N4O6Si/c1-22(2,3)35-21(30)29-25(31)20-19(28(29)15-27-25)16(14-26-20)13-18-17(33-24(7,8)34-18)11-12-32-36(9,10)23(4,5)6/h14-15,17-18,26,31H,11-13H2,1-10H3/t17-,18+,25?/m1/s1. The van der Waals surface area contributed by atoms with Crippen LogP contribution in [-0.2, 0) is 30.9 Å². The first-order valence-electron chi connectivity index (χ1n) is 12.6. The highest BCUT2D eigenvalue weighted by Crippen LogP contribution is 2.49. The molecule has 11 heteroatoms. The zero-order chi connectivity index (χ0) is 26.9. The Morgan fingerprint density at radius 2 is 1.83 bits per heavy atom. The summed E-state index contributed by atoms with van der Waals surface area (Å²) in [7, 11) is -1.86. The Hall–Kier alpha value is -1.92. The fourth-order valence-electron chi connectivity index (χ4n) is 4.56. The lowest BCUT2D eigenvalue weighted by Gasteiger charge is -2.36. The molecule has 1 amide bonds. The maximum Gasteiger partial charge on any atom is 0.434 e. The second-order valence-corrected chi connectivity index (χ2v) is 17.7. The number of hydrogen-bond acceptors (Lipinski definition) is 8. The van der Waals surface area contributed by atoms with Gasteiger partial charge >= 0.3 is 11.9 Å². The highest BCUT2D eigenvalue weighted by atomic mass is 28.4. The van der Waals surface area contributed by atoms with Crippen LogP contribution in [0.1, 0.15) is 73.1 Å². The molecule has 3 aliphatic heterocycles. The second kappa shape index (κ2) is 8.55. The lowest BCUT2D eigenvalue weighted by Crippen LogP contribution is -2.49. The summed E-state index contributed by atoms with van der Waals surface area (Å²) < 4.78 is 24.5. The number of nitrogens with one attached hydrogen (secondary N) is 1. The predicted molar refractivity (Wildman–Crippen MR) is 139 cm³/mol. The van der Waals surface area contributed by atoms with Gasteiger partial charge < -0.3 is 28.7 Å². The molecule has 0 saturated carbocycles. The van der Waals surface area contributed by atoms with Crippen molar-refractivity contribution in [3.05, 3.63) is 17.5 Å². The Bertz CT molecular complexity index is 1040. The van der Waals surface area contributed by atoms with Crippen molar-refractivity contribution in [1.29, 1.82) is 0 Å². The molecule has 4 heterocycles. The molecule has 4 rings (SSSR count). The molecule has 36 heavy (non-hydrogen) atoms. The van der Waals surface area contributed by atoms with Crippen molar-refractivity contribution in [2.24, 2.45) is 4.99 Å². The quantitative estimate of drug-likeness (QED) is 0.525. The number of hydrogen-bond donors (Lipinski definition) is 2. The fourth-order valence-corrected chi connectivity index (χ4v) is 5.62. The molecule has 0 radical (unpaired) electrons. The molecule has 2 bridgehead atoms. The molecule has 0 aromatic carbocycles. The van der Waals surface area contributed by atoms with Gasteiger partial charge in [-0.3, -0.25) is 0 Å². The van der Waals surface area contributed by atoms with E-state index in [1.54, 1.807) is 25.8 Å². The van der Waals surface area contributed by atoms with E-state index in [1.807, 2.05) is 20.0 Å². The van der Waals surface area contributed by atoms with Crippen LogP contribution in [0, 0.1) is 0 Å². The highest BCUT2D eigenvalue weighted by molar-refractivity contribution is 6.74. The number of fused-ring (bicyclic) bond motifs is 5. The van der Waals surface area contributed by atoms with Crippen molar-refractivity contribution in [2.45, 2.75) is 116 Å². The van der Waals surface area contributed by atoms with Gasteiger partial charge in [0.2, 0.25) is 0 Å². The van der Waals surface area contributed by atoms with E-state index >= 15 is 0 Å². The van der Waals surface area contributed by atoms with E-state index in [4.69, 9.17) is 18.6 Å². The van der Waals surface area contributed by atoms with Crippen LogP contribution < -0.4 is 5.01 Å². The summed E-state index contributed by atoms with van der Waals surface area (Å²) >= 11 is 0. The van der Waals surface area contributed by atoms with Gasteiger partial charge in [-0.1, -0.05) is 20.8 Å². The number of amides is 1. The van der Waals surface area contributed by atoms with E-state index in [0.717, 1.165) is 10.6 Å². The molecule has 0 aliphatic carbocycles. The summed E-state index contributed by atoms with van der Waals surface area (Å²) in [5, 5.41) is 14.1. The normalized spacial score (nSPS) is 27.2. The van der Waals surface area contributed by atoms with E-state index in [-0.39, 0.29) is 17.2 Å². The number of aromatic nitrogens is 1. The van der Waals surface area contributed by atoms with E-state index < -0.39 is 31.6 Å². The van der Waals surface area contributed by atoms with Crippen LogP contribution in [0.5, 0.6) is 0 Å². The number of nitrogens with zero attached hydrogens (tertiary/aromatic N) is 3. The number of aliphatic imine (C=N–C) groups is 1. The SMILES string of the molecule is CC(C)(C)OC(=O)N1N2C=NC1(O)c1[nH]cc(C[C@@H]3OC(C)(C)O[C@@H]3CCO[Si](C)(C)C(C)(C)C)c12. The molecule has 3 atom stereocenters. The Balaban J connectivity index is 1.50. The minimum absolute atomic E-state index is 0.139. The van der Waals surface area contributed by atoms with Crippen LogP contribution in [-0.4, -0.2) is 66.1 Å². The molecular weight excluding hydrogens is 480 g/mol. The van der Waals surface area contributed by atoms with Crippen molar-refractivity contribution in [3.8, 4) is 0 Å². The number of aliphatic hydroxyl groups is 1. The van der Waals surface area contributed by atoms with Gasteiger partial charge in [0, 0.05) is 19.2 Å². The van der Waals surface area contributed by atoms with Gasteiger partial charge in [0.05, 0.1) is 17.9 Å². The van der Waals surface area contributed by atoms with Crippen molar-refractivity contribution in [1.82, 2.24) is 9.99 Å². The first-order valence-corrected chi connectivity index (χ1v) is 15.6. The van der Waals surface area contributed by atoms with E-state index in [2.05, 4.69) is 43.8 Å². The number of anilines is 1. The summed E-state index contributed by atoms with van der Waals surface area (Å²) in [6.07, 6.45) is 3.48. The largest absolute Gasteiger partial charge is 0.442 e. The van der Waals surface area contributed by atoms with Crippen LogP contribution in [0.3, 0.4) is 0 Å². The topological polar surface area (TPSA) is 109 Å². The monoisotopic (exact) mass is 522 g/mol. The average molecular weight is 523 g/mol. The van der Waals surface area contributed by atoms with Crippen molar-refractivity contribution in [3.63, 3.8) is 0 Å². The first kappa shape index (κ1) is 27.1. The number of hydrazine groups is 1. The fraction of sp³-hybridized carbons (Fsp3) is 0.760. The zero-order valence-electron chi connectivity index (χ0n) is 23.3. The van der Waals surface area contributed by atoms with Crippen LogP contribution in [0.2, 0.25) is 18.1 Å². The third-order valence-electron chi connectivity index (χ3n) is 7.30. The second-order valence-electron chi connectivity index (χ2n) is 12.9. The Morgan fingerprint density at radius 3 is 2.44 bits per heavy atom. The van der Waals surface area contributed by atoms with Gasteiger partial charge in [0.15, 0.2) is 14.1 Å². The molecule has 0 spiro atoms. The number of H-pyrrole nitrogens is 1. The predicted octanol–water partition coefficient (Wildman–Crippen LogP) is 4.61. The van der Waals surface area contributed by atoms with E-state index in [9.17, 15) is 9.90 Å². The van der Waals surface area contributed by atoms with Gasteiger partial charge in [-0.25, -0.2) is 14.8 Å². The van der Waals surface area contributed by atoms with Gasteiger partial charge in [-0.2, -0.15) is 5.01 Å². The molecule has 10 nitrogen and oxygen atoms in total. The van der Waals surface area contributed by atoms with Gasteiger partial charge in [-0.05, 0) is 64.7 Å². The number of carbonyl (C=O) groups is 1. The molecular formula is C25H42N4O6Si. The minimum atomic E-state index is -1.86. The molecule has 2 N–H and O–H groups in total. The zero-order valence-corrected chi connectivity index (χ0v) is 24.3. The van der Waals surface area contributed by atoms with Crippen LogP contribution in [0.4, 0.5) is 10.5 Å². The molecule has 1 unspecified atom stereocenters. The molecule has 202 valence electrons. The lowest BCUT2D eigenvalue weighted by molar-refractivity contribution is -0.147. The van der Waals surface area contributed by atoms with Crippen LogP contribution >= 0.6 is 0 Å². The molecule has 1 aromatic heterocycles. The maximum absolute atomic E-state index is 12.9. The van der Waals surface area contributed by atoms with Crippen molar-refractivity contribution >= 4 is 26.4 Å². The third-order valence-corrected chi connectivity index (χ3v) is 11.8. The third kappa shape index (κ3) is 4.83. The molecule has 1 aromatic rings. The molecule has 1 fully saturated rings. The summed E-state index contributed by atoms with van der Waals surface area (Å²) in [5.41, 5.74) is 1.29. The molecule has 1 saturated heterocycles. The Labute approximate surface area is 215 Å². The van der Waals surface area contributed by atoms with Gasteiger partial charge in [-0.15, -0.1) is 0 Å². The Morgan fingerprint density at radius 1 is 1.19 bits per heavy atom. The molecule has 3 aliphatic rings. The maximum atomic E-state index is 12.9. The number of aromatic amines is 1. The first-order chi connectivity index (χ1) is 16.3. The summed E-state index contributed by atoms with van der Waals surface area (Å²) in [4.78, 5) is 20.2. The van der Waals surface area contributed by atoms with Crippen LogP contribution in [0.25, 0.3) is 0 Å². The van der Waals surface area contributed by atoms with Crippen LogP contribution in [0.15, 0.2) is 11.2 Å². The average Bonchev–Trinajstić information content (AvgIpc) is 3.38. The van der Waals surface area contributed by atoms with Gasteiger partial charge in [0.25, 0.3) is 0 Å². The van der Waals surface area contributed by atoms with Crippen molar-refractivity contribution < 1.29 is 28.5 Å². The Kier molecular flexibility index (Phi) is 6.44. The minimum Gasteiger partial charge on any atom is -0.442 e. The smallest absolute Gasteiger partial charge is 0.434 e. The number of rotatable bonds is 6. The number of carbonyl (C=O) groups excluding carboxylic acids is 1. The summed E-state index contributed by atoms with van der Waals surface area (Å²) in [5.74, 6) is -2.58. The van der Waals surface area contributed by atoms with E-state index in [1.165, 1.54) is 6.34 Å². The summed E-state index contributed by atoms with van der Waals surface area (Å²) in [6, 6.07) is 0. The van der Waals surface area contributed by atoms with Gasteiger partial charge in [0.1, 0.15) is 17.6 Å². The lowest BCUT2D eigenvalue weighted by atomic mass is 10.0. The van der Waals surface area contributed by atoms with Crippen molar-refractivity contribution in [2.75, 3.05) is 11.6 Å². The summed E-state index contributed by atoms with van der Waals surface area (Å²) in [6.45, 7) is 21.0. The highest BCUT2D eigenvalue weighted by Gasteiger charge is 2.58. The van der Waals surface area contributed by atoms with E-state index in [0.29, 0.717) is 30.8 Å².